The van der Waals surface area contributed by atoms with Crippen LogP contribution in [0.1, 0.15) is 44.2 Å². The number of aromatic nitrogens is 1. The molecule has 0 bridgehead atoms. The first-order valence-electron chi connectivity index (χ1n) is 7.81. The first-order chi connectivity index (χ1) is 10.2. The van der Waals surface area contributed by atoms with Crippen LogP contribution in [-0.4, -0.2) is 41.5 Å². The molecule has 1 aromatic rings. The highest BCUT2D eigenvalue weighted by molar-refractivity contribution is 5.81. The maximum Gasteiger partial charge on any atom is 0.237 e. The Hall–Kier alpha value is -1.46. The molecule has 116 valence electrons. The summed E-state index contributed by atoms with van der Waals surface area (Å²) in [5, 5.41) is 2.79. The van der Waals surface area contributed by atoms with Crippen molar-refractivity contribution in [1.82, 2.24) is 15.2 Å². The van der Waals surface area contributed by atoms with Gasteiger partial charge in [0.1, 0.15) is 0 Å². The van der Waals surface area contributed by atoms with Gasteiger partial charge in [-0.15, -0.1) is 0 Å². The highest BCUT2D eigenvalue weighted by atomic mass is 16.2. The van der Waals surface area contributed by atoms with Gasteiger partial charge in [-0.3, -0.25) is 14.7 Å². The number of nitrogens with zero attached hydrogens (tertiary/aromatic N) is 2. The van der Waals surface area contributed by atoms with Gasteiger partial charge in [-0.1, -0.05) is 19.4 Å². The van der Waals surface area contributed by atoms with Crippen LogP contribution < -0.4 is 11.1 Å². The molecule has 5 heteroatoms. The third-order valence-corrected chi connectivity index (χ3v) is 4.35. The zero-order valence-electron chi connectivity index (χ0n) is 13.0. The van der Waals surface area contributed by atoms with E-state index in [0.29, 0.717) is 0 Å². The van der Waals surface area contributed by atoms with Crippen molar-refractivity contribution in [2.45, 2.75) is 50.7 Å². The van der Waals surface area contributed by atoms with Gasteiger partial charge < -0.3 is 11.1 Å². The second kappa shape index (κ2) is 7.52. The minimum atomic E-state index is -0.0912. The molecular weight excluding hydrogens is 264 g/mol. The van der Waals surface area contributed by atoms with Crippen molar-refractivity contribution in [3.8, 4) is 0 Å². The molecule has 2 heterocycles. The molecule has 1 saturated heterocycles. The first kappa shape index (κ1) is 15.9. The van der Waals surface area contributed by atoms with Gasteiger partial charge in [-0.05, 0) is 37.4 Å². The highest BCUT2D eigenvalue weighted by Crippen LogP contribution is 2.31. The van der Waals surface area contributed by atoms with Gasteiger partial charge in [-0.2, -0.15) is 0 Å². The second-order valence-electron chi connectivity index (χ2n) is 5.67. The van der Waals surface area contributed by atoms with E-state index in [2.05, 4.69) is 28.2 Å². The summed E-state index contributed by atoms with van der Waals surface area (Å²) in [6, 6.07) is 3.95. The topological polar surface area (TPSA) is 71.2 Å². The Morgan fingerprint density at radius 3 is 3.00 bits per heavy atom. The quantitative estimate of drug-likeness (QED) is 0.861. The second-order valence-corrected chi connectivity index (χ2v) is 5.67. The lowest BCUT2D eigenvalue weighted by molar-refractivity contribution is -0.128. The third kappa shape index (κ3) is 3.60. The Balaban J connectivity index is 2.32. The molecule has 2 rings (SSSR count). The van der Waals surface area contributed by atoms with E-state index in [9.17, 15) is 4.79 Å². The molecule has 0 aliphatic carbocycles. The van der Waals surface area contributed by atoms with Crippen LogP contribution in [0, 0.1) is 0 Å². The number of nitrogens with one attached hydrogen (secondary N) is 1. The molecule has 1 amide bonds. The van der Waals surface area contributed by atoms with Gasteiger partial charge in [0.05, 0.1) is 12.1 Å². The van der Waals surface area contributed by atoms with Crippen LogP contribution in [0.5, 0.6) is 0 Å². The van der Waals surface area contributed by atoms with E-state index in [0.717, 1.165) is 37.8 Å². The standard InChI is InChI=1S/C16H26N4O/c1-3-13(17)15(12-7-6-9-19-11-12)20-10-5-4-8-14(20)16(21)18-2/h6-7,9,11,13-15H,3-5,8,10,17H2,1-2H3,(H,18,21). The molecule has 1 aliphatic heterocycles. The zero-order valence-corrected chi connectivity index (χ0v) is 13.0. The predicted octanol–water partition coefficient (Wildman–Crippen LogP) is 1.46. The Bertz CT molecular complexity index is 451. The van der Waals surface area contributed by atoms with Crippen LogP contribution in [0.25, 0.3) is 0 Å². The molecule has 0 saturated carbocycles. The number of likely N-dealkylation sites (tertiary alicyclic amines) is 1. The molecule has 1 fully saturated rings. The number of carbonyl (C=O) groups excluding carboxylic acids is 1. The SMILES string of the molecule is CCC(N)C(c1cccnc1)N1CCCCC1C(=O)NC. The van der Waals surface area contributed by atoms with Crippen molar-refractivity contribution < 1.29 is 4.79 Å². The highest BCUT2D eigenvalue weighted by Gasteiger charge is 2.36. The monoisotopic (exact) mass is 290 g/mol. The zero-order chi connectivity index (χ0) is 15.2. The average Bonchev–Trinajstić information content (AvgIpc) is 2.55. The number of carbonyl (C=O) groups is 1. The Morgan fingerprint density at radius 1 is 1.57 bits per heavy atom. The average molecular weight is 290 g/mol. The summed E-state index contributed by atoms with van der Waals surface area (Å²) in [6.45, 7) is 3.00. The number of rotatable bonds is 5. The number of piperidine rings is 1. The lowest BCUT2D eigenvalue weighted by atomic mass is 9.91. The maximum absolute atomic E-state index is 12.2. The fourth-order valence-electron chi connectivity index (χ4n) is 3.19. The minimum Gasteiger partial charge on any atom is -0.358 e. The summed E-state index contributed by atoms with van der Waals surface area (Å²) in [5.41, 5.74) is 7.48. The molecular formula is C16H26N4O. The van der Waals surface area contributed by atoms with Crippen molar-refractivity contribution in [2.24, 2.45) is 5.73 Å². The fourth-order valence-corrected chi connectivity index (χ4v) is 3.19. The van der Waals surface area contributed by atoms with E-state index in [4.69, 9.17) is 5.73 Å². The number of nitrogens with two attached hydrogens (primary N) is 1. The summed E-state index contributed by atoms with van der Waals surface area (Å²) in [7, 11) is 1.70. The number of likely N-dealkylation sites (N-methyl/N-ethyl adjacent to an activating group) is 1. The Morgan fingerprint density at radius 2 is 2.38 bits per heavy atom. The summed E-state index contributed by atoms with van der Waals surface area (Å²) < 4.78 is 0. The van der Waals surface area contributed by atoms with Gasteiger partial charge in [0.25, 0.3) is 0 Å². The van der Waals surface area contributed by atoms with Crippen LogP contribution in [0.2, 0.25) is 0 Å². The summed E-state index contributed by atoms with van der Waals surface area (Å²) in [5.74, 6) is 0.0897. The summed E-state index contributed by atoms with van der Waals surface area (Å²) in [6.07, 6.45) is 7.61. The van der Waals surface area contributed by atoms with Gasteiger partial charge in [0.2, 0.25) is 5.91 Å². The Labute approximate surface area is 126 Å². The van der Waals surface area contributed by atoms with E-state index >= 15 is 0 Å². The molecule has 1 aliphatic rings. The van der Waals surface area contributed by atoms with Crippen molar-refractivity contribution in [1.29, 1.82) is 0 Å². The predicted molar refractivity (Wildman–Crippen MR) is 83.7 cm³/mol. The number of pyridine rings is 1. The molecule has 5 nitrogen and oxygen atoms in total. The third-order valence-electron chi connectivity index (χ3n) is 4.35. The normalized spacial score (nSPS) is 22.5. The number of hydrogen-bond donors (Lipinski definition) is 2. The van der Waals surface area contributed by atoms with Crippen molar-refractivity contribution >= 4 is 5.91 Å². The largest absolute Gasteiger partial charge is 0.358 e. The van der Waals surface area contributed by atoms with E-state index in [1.165, 1.54) is 0 Å². The maximum atomic E-state index is 12.2. The summed E-state index contributed by atoms with van der Waals surface area (Å²) in [4.78, 5) is 18.7. The van der Waals surface area contributed by atoms with Crippen LogP contribution in [0.4, 0.5) is 0 Å². The van der Waals surface area contributed by atoms with Crippen molar-refractivity contribution in [3.63, 3.8) is 0 Å². The van der Waals surface area contributed by atoms with E-state index < -0.39 is 0 Å². The van der Waals surface area contributed by atoms with Crippen LogP contribution >= 0.6 is 0 Å². The molecule has 3 N–H and O–H groups in total. The van der Waals surface area contributed by atoms with E-state index in [1.807, 2.05) is 12.3 Å². The first-order valence-corrected chi connectivity index (χ1v) is 7.81. The molecule has 0 radical (unpaired) electrons. The van der Waals surface area contributed by atoms with Gasteiger partial charge in [0.15, 0.2) is 0 Å². The lowest BCUT2D eigenvalue weighted by Gasteiger charge is -2.42. The minimum absolute atomic E-state index is 0.000504. The van der Waals surface area contributed by atoms with Crippen LogP contribution in [-0.2, 0) is 4.79 Å². The molecule has 3 atom stereocenters. The lowest BCUT2D eigenvalue weighted by Crippen LogP contribution is -2.53. The van der Waals surface area contributed by atoms with Crippen LogP contribution in [0.3, 0.4) is 0 Å². The van der Waals surface area contributed by atoms with Crippen LogP contribution in [0.15, 0.2) is 24.5 Å². The number of hydrogen-bond acceptors (Lipinski definition) is 4. The smallest absolute Gasteiger partial charge is 0.237 e. The molecule has 0 spiro atoms. The van der Waals surface area contributed by atoms with E-state index in [-0.39, 0.29) is 24.0 Å². The Kier molecular flexibility index (Phi) is 5.70. The molecule has 21 heavy (non-hydrogen) atoms. The van der Waals surface area contributed by atoms with Gasteiger partial charge >= 0.3 is 0 Å². The molecule has 3 unspecified atom stereocenters. The molecule has 1 aromatic heterocycles. The fraction of sp³-hybridized carbons (Fsp3) is 0.625. The summed E-state index contributed by atoms with van der Waals surface area (Å²) >= 11 is 0. The van der Waals surface area contributed by atoms with Gasteiger partial charge in [-0.25, -0.2) is 0 Å². The molecule has 0 aromatic carbocycles. The van der Waals surface area contributed by atoms with E-state index in [1.54, 1.807) is 13.2 Å². The van der Waals surface area contributed by atoms with Gasteiger partial charge in [0, 0.05) is 25.5 Å². The van der Waals surface area contributed by atoms with Crippen molar-refractivity contribution in [3.05, 3.63) is 30.1 Å². The number of amides is 1. The van der Waals surface area contributed by atoms with Crippen molar-refractivity contribution in [2.75, 3.05) is 13.6 Å².